The highest BCUT2D eigenvalue weighted by Crippen LogP contribution is 2.24. The average molecular weight is 322 g/mol. The quantitative estimate of drug-likeness (QED) is 0.911. The van der Waals surface area contributed by atoms with Crippen LogP contribution in [0.5, 0.6) is 0 Å². The molecule has 0 saturated heterocycles. The molecular weight excluding hydrogens is 315 g/mol. The SMILES string of the molecule is Fc1c(Br)cccc1NCc1cnc(Cl)s1. The molecule has 2 aromatic rings. The lowest BCUT2D eigenvalue weighted by Gasteiger charge is -2.06. The Hall–Kier alpha value is -0.650. The Morgan fingerprint density at radius 3 is 3.00 bits per heavy atom. The molecule has 16 heavy (non-hydrogen) atoms. The zero-order valence-corrected chi connectivity index (χ0v) is 11.2. The number of benzene rings is 1. The smallest absolute Gasteiger partial charge is 0.183 e. The van der Waals surface area contributed by atoms with Gasteiger partial charge in [0.15, 0.2) is 10.3 Å². The van der Waals surface area contributed by atoms with Gasteiger partial charge in [0.1, 0.15) is 0 Å². The molecule has 0 amide bonds. The topological polar surface area (TPSA) is 24.9 Å². The monoisotopic (exact) mass is 320 g/mol. The van der Waals surface area contributed by atoms with Crippen molar-refractivity contribution in [3.05, 3.63) is 44.0 Å². The van der Waals surface area contributed by atoms with Crippen LogP contribution in [0.4, 0.5) is 10.1 Å². The predicted octanol–water partition coefficient (Wildman–Crippen LogP) is 4.31. The Labute approximate surface area is 110 Å². The van der Waals surface area contributed by atoms with Crippen LogP contribution in [0.2, 0.25) is 4.47 Å². The van der Waals surface area contributed by atoms with E-state index < -0.39 is 0 Å². The maximum Gasteiger partial charge on any atom is 0.183 e. The zero-order valence-electron chi connectivity index (χ0n) is 8.01. The fraction of sp³-hybridized carbons (Fsp3) is 0.100. The number of rotatable bonds is 3. The van der Waals surface area contributed by atoms with Gasteiger partial charge in [-0.1, -0.05) is 17.7 Å². The first-order valence-corrected chi connectivity index (χ1v) is 6.43. The van der Waals surface area contributed by atoms with Crippen molar-refractivity contribution >= 4 is 44.6 Å². The molecule has 1 aromatic carbocycles. The Bertz CT molecular complexity index is 503. The van der Waals surface area contributed by atoms with E-state index in [0.717, 1.165) is 4.88 Å². The molecule has 0 radical (unpaired) electrons. The van der Waals surface area contributed by atoms with Crippen LogP contribution in [0.25, 0.3) is 0 Å². The lowest BCUT2D eigenvalue weighted by atomic mass is 10.3. The van der Waals surface area contributed by atoms with Crippen molar-refractivity contribution in [2.45, 2.75) is 6.54 Å². The van der Waals surface area contributed by atoms with E-state index in [1.165, 1.54) is 11.3 Å². The van der Waals surface area contributed by atoms with Crippen LogP contribution in [0, 0.1) is 5.82 Å². The molecule has 1 heterocycles. The van der Waals surface area contributed by atoms with E-state index in [4.69, 9.17) is 11.6 Å². The van der Waals surface area contributed by atoms with Gasteiger partial charge in [-0.05, 0) is 28.1 Å². The normalized spacial score (nSPS) is 10.4. The summed E-state index contributed by atoms with van der Waals surface area (Å²) in [5.41, 5.74) is 0.457. The summed E-state index contributed by atoms with van der Waals surface area (Å²) >= 11 is 10.2. The van der Waals surface area contributed by atoms with Gasteiger partial charge in [0.05, 0.1) is 16.7 Å². The minimum Gasteiger partial charge on any atom is -0.378 e. The van der Waals surface area contributed by atoms with Crippen molar-refractivity contribution < 1.29 is 4.39 Å². The van der Waals surface area contributed by atoms with Gasteiger partial charge >= 0.3 is 0 Å². The highest BCUT2D eigenvalue weighted by molar-refractivity contribution is 9.10. The van der Waals surface area contributed by atoms with Crippen LogP contribution in [-0.2, 0) is 6.54 Å². The van der Waals surface area contributed by atoms with Crippen molar-refractivity contribution in [3.8, 4) is 0 Å². The maximum atomic E-state index is 13.6. The van der Waals surface area contributed by atoms with Gasteiger partial charge in [-0.2, -0.15) is 0 Å². The van der Waals surface area contributed by atoms with E-state index >= 15 is 0 Å². The fourth-order valence-corrected chi connectivity index (χ4v) is 2.47. The molecular formula is C10H7BrClFN2S. The van der Waals surface area contributed by atoms with Gasteiger partial charge in [-0.15, -0.1) is 11.3 Å². The van der Waals surface area contributed by atoms with Crippen molar-refractivity contribution in [2.75, 3.05) is 5.32 Å². The van der Waals surface area contributed by atoms with Gasteiger partial charge in [0.25, 0.3) is 0 Å². The molecule has 0 aliphatic heterocycles. The summed E-state index contributed by atoms with van der Waals surface area (Å²) < 4.78 is 14.5. The lowest BCUT2D eigenvalue weighted by Crippen LogP contribution is -2.00. The minimum atomic E-state index is -0.293. The van der Waals surface area contributed by atoms with Crippen LogP contribution in [-0.4, -0.2) is 4.98 Å². The van der Waals surface area contributed by atoms with E-state index in [1.54, 1.807) is 24.4 Å². The fourth-order valence-electron chi connectivity index (χ4n) is 1.19. The van der Waals surface area contributed by atoms with Gasteiger partial charge in [-0.3, -0.25) is 0 Å². The molecule has 0 fully saturated rings. The predicted molar refractivity (Wildman–Crippen MR) is 68.6 cm³/mol. The number of nitrogens with zero attached hydrogens (tertiary/aromatic N) is 1. The molecule has 0 saturated carbocycles. The van der Waals surface area contributed by atoms with Crippen LogP contribution >= 0.6 is 38.9 Å². The molecule has 84 valence electrons. The van der Waals surface area contributed by atoms with E-state index in [1.807, 2.05) is 0 Å². The van der Waals surface area contributed by atoms with Crippen molar-refractivity contribution in [1.29, 1.82) is 0 Å². The first-order chi connectivity index (χ1) is 7.66. The first kappa shape index (κ1) is 11.8. The van der Waals surface area contributed by atoms with Gasteiger partial charge in [0.2, 0.25) is 0 Å². The minimum absolute atomic E-state index is 0.293. The number of hydrogen-bond acceptors (Lipinski definition) is 3. The van der Waals surface area contributed by atoms with Crippen LogP contribution < -0.4 is 5.32 Å². The second-order valence-corrected chi connectivity index (χ2v) is 5.59. The van der Waals surface area contributed by atoms with E-state index in [0.29, 0.717) is 21.2 Å². The maximum absolute atomic E-state index is 13.6. The Morgan fingerprint density at radius 2 is 2.31 bits per heavy atom. The Balaban J connectivity index is 2.07. The Morgan fingerprint density at radius 1 is 1.50 bits per heavy atom. The third-order valence-electron chi connectivity index (χ3n) is 1.93. The van der Waals surface area contributed by atoms with Crippen molar-refractivity contribution in [3.63, 3.8) is 0 Å². The molecule has 0 spiro atoms. The summed E-state index contributed by atoms with van der Waals surface area (Å²) in [7, 11) is 0. The molecule has 1 N–H and O–H groups in total. The van der Waals surface area contributed by atoms with Crippen molar-refractivity contribution in [2.24, 2.45) is 0 Å². The van der Waals surface area contributed by atoms with E-state index in [2.05, 4.69) is 26.2 Å². The first-order valence-electron chi connectivity index (χ1n) is 4.45. The molecule has 0 aliphatic rings. The molecule has 0 aliphatic carbocycles. The molecule has 2 nitrogen and oxygen atoms in total. The summed E-state index contributed by atoms with van der Waals surface area (Å²) in [5.74, 6) is -0.293. The van der Waals surface area contributed by atoms with Crippen LogP contribution in [0.1, 0.15) is 4.88 Å². The summed E-state index contributed by atoms with van der Waals surface area (Å²) in [6.45, 7) is 0.512. The molecule has 0 unspecified atom stereocenters. The number of thiazole rings is 1. The number of hydrogen-bond donors (Lipinski definition) is 1. The molecule has 0 atom stereocenters. The number of anilines is 1. The second kappa shape index (κ2) is 5.12. The third kappa shape index (κ3) is 2.72. The summed E-state index contributed by atoms with van der Waals surface area (Å²) in [5, 5.41) is 2.99. The van der Waals surface area contributed by atoms with Gasteiger partial charge in [-0.25, -0.2) is 9.37 Å². The standard InChI is InChI=1S/C10H7BrClFN2S/c11-7-2-1-3-8(9(7)13)14-4-6-5-15-10(12)16-6/h1-3,5,14H,4H2. The molecule has 0 bridgehead atoms. The van der Waals surface area contributed by atoms with Crippen molar-refractivity contribution in [1.82, 2.24) is 4.98 Å². The molecule has 2 rings (SSSR count). The average Bonchev–Trinajstić information content (AvgIpc) is 2.67. The summed E-state index contributed by atoms with van der Waals surface area (Å²) in [6.07, 6.45) is 1.68. The highest BCUT2D eigenvalue weighted by Gasteiger charge is 2.06. The van der Waals surface area contributed by atoms with Crippen LogP contribution in [0.3, 0.4) is 0 Å². The third-order valence-corrected chi connectivity index (χ3v) is 3.66. The summed E-state index contributed by atoms with van der Waals surface area (Å²) in [4.78, 5) is 4.87. The number of aromatic nitrogens is 1. The Kier molecular flexibility index (Phi) is 3.78. The van der Waals surface area contributed by atoms with Crippen LogP contribution in [0.15, 0.2) is 28.9 Å². The van der Waals surface area contributed by atoms with Gasteiger partial charge < -0.3 is 5.32 Å². The second-order valence-electron chi connectivity index (χ2n) is 3.03. The molecule has 6 heteroatoms. The number of halogens is 3. The number of nitrogens with one attached hydrogen (secondary N) is 1. The zero-order chi connectivity index (χ0) is 11.5. The molecule has 1 aromatic heterocycles. The lowest BCUT2D eigenvalue weighted by molar-refractivity contribution is 0.623. The summed E-state index contributed by atoms with van der Waals surface area (Å²) in [6, 6.07) is 5.11. The van der Waals surface area contributed by atoms with Gasteiger partial charge in [0, 0.05) is 11.1 Å². The largest absolute Gasteiger partial charge is 0.378 e. The van der Waals surface area contributed by atoms with E-state index in [-0.39, 0.29) is 5.82 Å². The highest BCUT2D eigenvalue weighted by atomic mass is 79.9. The van der Waals surface area contributed by atoms with E-state index in [9.17, 15) is 4.39 Å².